The van der Waals surface area contributed by atoms with Gasteiger partial charge in [0.25, 0.3) is 0 Å². The van der Waals surface area contributed by atoms with E-state index in [-0.39, 0.29) is 32.0 Å². The van der Waals surface area contributed by atoms with Crippen molar-refractivity contribution in [3.8, 4) is 0 Å². The van der Waals surface area contributed by atoms with Gasteiger partial charge in [0.2, 0.25) is 0 Å². The van der Waals surface area contributed by atoms with E-state index in [9.17, 15) is 19.0 Å². The van der Waals surface area contributed by atoms with Crippen molar-refractivity contribution in [3.05, 3.63) is 12.2 Å². The molecule has 0 fully saturated rings. The van der Waals surface area contributed by atoms with Gasteiger partial charge < -0.3 is 18.9 Å². The van der Waals surface area contributed by atoms with Crippen LogP contribution >= 0.6 is 7.82 Å². The number of hydrogen-bond donors (Lipinski definition) is 1. The lowest BCUT2D eigenvalue weighted by Crippen LogP contribution is -2.37. The molecule has 0 aromatic rings. The van der Waals surface area contributed by atoms with Gasteiger partial charge in [0.05, 0.1) is 27.7 Å². The van der Waals surface area contributed by atoms with Crippen LogP contribution in [0.2, 0.25) is 0 Å². The van der Waals surface area contributed by atoms with Gasteiger partial charge in [0.1, 0.15) is 19.8 Å². The summed E-state index contributed by atoms with van der Waals surface area (Å²) in [6.45, 7) is 4.21. The highest BCUT2D eigenvalue weighted by Crippen LogP contribution is 2.43. The van der Waals surface area contributed by atoms with Crippen LogP contribution in [0.25, 0.3) is 0 Å². The summed E-state index contributed by atoms with van der Waals surface area (Å²) >= 11 is 0. The van der Waals surface area contributed by atoms with Crippen LogP contribution in [0.1, 0.15) is 117 Å². The zero-order valence-corrected chi connectivity index (χ0v) is 27.0. The van der Waals surface area contributed by atoms with Gasteiger partial charge >= 0.3 is 19.8 Å². The van der Waals surface area contributed by atoms with Crippen molar-refractivity contribution in [3.63, 3.8) is 0 Å². The second-order valence-electron chi connectivity index (χ2n) is 11.5. The van der Waals surface area contributed by atoms with Crippen molar-refractivity contribution >= 4 is 19.8 Å². The summed E-state index contributed by atoms with van der Waals surface area (Å²) < 4.78 is 33.7. The fraction of sp³-hybridized carbons (Fsp3) is 0.867. The molecule has 0 aliphatic rings. The van der Waals surface area contributed by atoms with Crippen molar-refractivity contribution in [2.75, 3.05) is 47.5 Å². The molecule has 0 heterocycles. The average molecular weight is 593 g/mol. The summed E-state index contributed by atoms with van der Waals surface area (Å²) in [6.07, 6.45) is 18.9. The van der Waals surface area contributed by atoms with Crippen LogP contribution in [-0.4, -0.2) is 74.9 Å². The van der Waals surface area contributed by atoms with Gasteiger partial charge in [-0.25, -0.2) is 4.57 Å². The number of rotatable bonds is 27. The Bertz CT molecular complexity index is 723. The minimum Gasteiger partial charge on any atom is -0.462 e. The molecule has 0 amide bonds. The minimum atomic E-state index is -4.34. The monoisotopic (exact) mass is 592 g/mol. The normalized spacial score (nSPS) is 14.2. The molecule has 2 atom stereocenters. The van der Waals surface area contributed by atoms with Crippen LogP contribution in [0.4, 0.5) is 0 Å². The van der Waals surface area contributed by atoms with E-state index < -0.39 is 26.5 Å². The van der Waals surface area contributed by atoms with E-state index in [0.29, 0.717) is 17.4 Å². The predicted molar refractivity (Wildman–Crippen MR) is 160 cm³/mol. The Kier molecular flexibility index (Phi) is 23.6. The van der Waals surface area contributed by atoms with Gasteiger partial charge in [-0.2, -0.15) is 0 Å². The van der Waals surface area contributed by atoms with Crippen molar-refractivity contribution < 1.29 is 42.1 Å². The molecule has 0 bridgehead atoms. The first kappa shape index (κ1) is 38.8. The molecule has 1 N–H and O–H groups in total. The van der Waals surface area contributed by atoms with Crippen LogP contribution in [0.5, 0.6) is 0 Å². The number of carbonyl (C=O) groups is 2. The fourth-order valence-electron chi connectivity index (χ4n) is 3.77. The SMILES string of the molecule is CCCCC/C=C\CCCCCCCC(=O)OC(COC(=O)CCCCCC)COP(=O)(O)OCC[N+](C)(C)C. The molecule has 0 radical (unpaired) electrons. The topological polar surface area (TPSA) is 108 Å². The number of phosphoric ester groups is 1. The zero-order valence-electron chi connectivity index (χ0n) is 26.1. The van der Waals surface area contributed by atoms with Gasteiger partial charge in [0, 0.05) is 12.8 Å². The first-order valence-corrected chi connectivity index (χ1v) is 16.9. The number of phosphoric acid groups is 1. The molecule has 236 valence electrons. The number of carbonyl (C=O) groups excluding carboxylic acids is 2. The summed E-state index contributed by atoms with van der Waals surface area (Å²) in [5.74, 6) is -0.833. The third kappa shape index (κ3) is 26.9. The Morgan fingerprint density at radius 2 is 1.27 bits per heavy atom. The first-order valence-electron chi connectivity index (χ1n) is 15.4. The predicted octanol–water partition coefficient (Wildman–Crippen LogP) is 7.12. The second kappa shape index (κ2) is 24.4. The molecular weight excluding hydrogens is 533 g/mol. The van der Waals surface area contributed by atoms with Crippen LogP contribution in [0, 0.1) is 0 Å². The largest absolute Gasteiger partial charge is 0.472 e. The maximum atomic E-state index is 12.4. The van der Waals surface area contributed by atoms with Crippen molar-refractivity contribution in [1.29, 1.82) is 0 Å². The summed E-state index contributed by atoms with van der Waals surface area (Å²) in [5.41, 5.74) is 0. The molecular formula is C30H59NO8P+. The molecule has 0 rings (SSSR count). The fourth-order valence-corrected chi connectivity index (χ4v) is 4.51. The van der Waals surface area contributed by atoms with Gasteiger partial charge in [-0.15, -0.1) is 0 Å². The van der Waals surface area contributed by atoms with Crippen molar-refractivity contribution in [2.24, 2.45) is 0 Å². The van der Waals surface area contributed by atoms with E-state index >= 15 is 0 Å². The molecule has 0 aliphatic heterocycles. The van der Waals surface area contributed by atoms with E-state index in [1.54, 1.807) is 0 Å². The molecule has 2 unspecified atom stereocenters. The molecule has 9 nitrogen and oxygen atoms in total. The Balaban J connectivity index is 4.47. The number of allylic oxidation sites excluding steroid dienone is 2. The summed E-state index contributed by atoms with van der Waals surface area (Å²) in [6, 6.07) is 0. The number of likely N-dealkylation sites (N-methyl/N-ethyl adjacent to an activating group) is 1. The third-order valence-electron chi connectivity index (χ3n) is 6.30. The van der Waals surface area contributed by atoms with Gasteiger partial charge in [-0.05, 0) is 38.5 Å². The zero-order chi connectivity index (χ0) is 30.1. The third-order valence-corrected chi connectivity index (χ3v) is 7.28. The molecule has 0 saturated heterocycles. The Morgan fingerprint density at radius 1 is 0.750 bits per heavy atom. The number of unbranched alkanes of at least 4 members (excludes halogenated alkanes) is 11. The number of quaternary nitrogens is 1. The van der Waals surface area contributed by atoms with Crippen LogP contribution in [-0.2, 0) is 32.7 Å². The van der Waals surface area contributed by atoms with E-state index in [1.165, 1.54) is 25.7 Å². The standard InChI is InChI=1S/C30H58NO8P/c1-6-8-10-12-13-14-15-16-17-18-19-21-23-30(33)39-28(26-36-29(32)22-20-11-9-7-2)27-38-40(34,35)37-25-24-31(3,4)5/h13-14,28H,6-12,15-27H2,1-5H3/p+1/b14-13-. The average Bonchev–Trinajstić information content (AvgIpc) is 2.88. The smallest absolute Gasteiger partial charge is 0.462 e. The lowest BCUT2D eigenvalue weighted by atomic mass is 10.1. The molecule has 10 heteroatoms. The van der Waals surface area contributed by atoms with E-state index in [1.807, 2.05) is 21.1 Å². The number of ether oxygens (including phenoxy) is 2. The number of nitrogens with zero attached hydrogens (tertiary/aromatic N) is 1. The van der Waals surface area contributed by atoms with E-state index in [0.717, 1.165) is 57.8 Å². The van der Waals surface area contributed by atoms with Crippen LogP contribution in [0.15, 0.2) is 12.2 Å². The molecule has 40 heavy (non-hydrogen) atoms. The minimum absolute atomic E-state index is 0.0315. The van der Waals surface area contributed by atoms with Crippen LogP contribution < -0.4 is 0 Å². The van der Waals surface area contributed by atoms with E-state index in [2.05, 4.69) is 26.0 Å². The van der Waals surface area contributed by atoms with Crippen LogP contribution in [0.3, 0.4) is 0 Å². The quantitative estimate of drug-likeness (QED) is 0.0353. The highest BCUT2D eigenvalue weighted by atomic mass is 31.2. The molecule has 0 spiro atoms. The highest BCUT2D eigenvalue weighted by molar-refractivity contribution is 7.47. The Hall–Kier alpha value is -1.25. The first-order chi connectivity index (χ1) is 19.0. The molecule has 0 aromatic carbocycles. The van der Waals surface area contributed by atoms with E-state index in [4.69, 9.17) is 18.5 Å². The molecule has 0 saturated carbocycles. The highest BCUT2D eigenvalue weighted by Gasteiger charge is 2.27. The second-order valence-corrected chi connectivity index (χ2v) is 12.9. The Labute approximate surface area is 244 Å². The number of hydrogen-bond acceptors (Lipinski definition) is 7. The summed E-state index contributed by atoms with van der Waals surface area (Å²) in [4.78, 5) is 34.5. The van der Waals surface area contributed by atoms with Crippen molar-refractivity contribution in [1.82, 2.24) is 0 Å². The molecule has 0 aliphatic carbocycles. The summed E-state index contributed by atoms with van der Waals surface area (Å²) in [7, 11) is 1.47. The number of esters is 2. The van der Waals surface area contributed by atoms with Crippen molar-refractivity contribution in [2.45, 2.75) is 123 Å². The lowest BCUT2D eigenvalue weighted by molar-refractivity contribution is -0.870. The summed E-state index contributed by atoms with van der Waals surface area (Å²) in [5, 5.41) is 0. The maximum absolute atomic E-state index is 12.4. The van der Waals surface area contributed by atoms with Gasteiger partial charge in [-0.3, -0.25) is 18.6 Å². The maximum Gasteiger partial charge on any atom is 0.472 e. The van der Waals surface area contributed by atoms with Gasteiger partial charge in [0.15, 0.2) is 6.10 Å². The molecule has 0 aromatic heterocycles. The Morgan fingerprint density at radius 3 is 1.90 bits per heavy atom. The van der Waals surface area contributed by atoms with Gasteiger partial charge in [-0.1, -0.05) is 77.4 Å². The lowest BCUT2D eigenvalue weighted by Gasteiger charge is -2.24.